The van der Waals surface area contributed by atoms with Crippen molar-refractivity contribution >= 4 is 56.8 Å². The van der Waals surface area contributed by atoms with Crippen LogP contribution in [0.1, 0.15) is 34.8 Å². The largest absolute Gasteiger partial charge is 0.309 e. The number of hydrogen-bond donors (Lipinski definition) is 0. The first-order valence-corrected chi connectivity index (χ1v) is 11.8. The Labute approximate surface area is 194 Å². The zero-order valence-electron chi connectivity index (χ0n) is 18.3. The number of fused-ring (bicyclic) bond motifs is 1. The Morgan fingerprint density at radius 2 is 1.77 bits per heavy atom. The summed E-state index contributed by atoms with van der Waals surface area (Å²) in [6, 6.07) is 12.1. The minimum absolute atomic E-state index is 0. The molecule has 0 saturated carbocycles. The molecule has 0 aliphatic carbocycles. The van der Waals surface area contributed by atoms with Crippen molar-refractivity contribution in [3.8, 4) is 0 Å². The molecule has 0 spiro atoms. The maximum atomic E-state index is 13.6. The SMILES string of the molecule is CCSc1ccccc1C(=O)N(CCCN(C)C)c1nc2c(C)ccc(C)c2s1.Cl. The lowest BCUT2D eigenvalue weighted by molar-refractivity contribution is 0.0983. The fourth-order valence-corrected chi connectivity index (χ4v) is 5.20. The molecule has 1 heterocycles. The van der Waals surface area contributed by atoms with Gasteiger partial charge >= 0.3 is 0 Å². The van der Waals surface area contributed by atoms with Gasteiger partial charge in [0, 0.05) is 11.4 Å². The molecule has 0 bridgehead atoms. The first kappa shape index (κ1) is 24.7. The van der Waals surface area contributed by atoms with Gasteiger partial charge in [-0.2, -0.15) is 0 Å². The molecule has 0 aliphatic rings. The molecule has 7 heteroatoms. The van der Waals surface area contributed by atoms with E-state index in [9.17, 15) is 4.79 Å². The normalized spacial score (nSPS) is 11.0. The standard InChI is InChI=1S/C23H29N3OS2.ClH/c1-6-28-19-11-8-7-10-18(19)22(27)26(15-9-14-25(4)5)23-24-20-16(2)12-13-17(3)21(20)29-23;/h7-8,10-13H,6,9,14-15H2,1-5H3;1H. The van der Waals surface area contributed by atoms with E-state index >= 15 is 0 Å². The van der Waals surface area contributed by atoms with Crippen LogP contribution in [-0.2, 0) is 0 Å². The fraction of sp³-hybridized carbons (Fsp3) is 0.391. The van der Waals surface area contributed by atoms with E-state index in [0.717, 1.165) is 45.4 Å². The van der Waals surface area contributed by atoms with Crippen molar-refractivity contribution in [1.82, 2.24) is 9.88 Å². The van der Waals surface area contributed by atoms with Gasteiger partial charge in [0.2, 0.25) is 0 Å². The molecule has 4 nitrogen and oxygen atoms in total. The van der Waals surface area contributed by atoms with Crippen LogP contribution in [0.2, 0.25) is 0 Å². The minimum atomic E-state index is 0. The lowest BCUT2D eigenvalue weighted by Crippen LogP contribution is -2.33. The summed E-state index contributed by atoms with van der Waals surface area (Å²) in [5.74, 6) is 0.972. The fourth-order valence-electron chi connectivity index (χ4n) is 3.26. The van der Waals surface area contributed by atoms with Crippen LogP contribution in [0.4, 0.5) is 5.13 Å². The van der Waals surface area contributed by atoms with Gasteiger partial charge in [0.15, 0.2) is 5.13 Å². The zero-order valence-corrected chi connectivity index (χ0v) is 20.7. The second-order valence-corrected chi connectivity index (χ2v) is 9.70. The van der Waals surface area contributed by atoms with E-state index in [0.29, 0.717) is 6.54 Å². The van der Waals surface area contributed by atoms with Gasteiger partial charge in [-0.15, -0.1) is 24.2 Å². The van der Waals surface area contributed by atoms with Crippen LogP contribution in [0.3, 0.4) is 0 Å². The van der Waals surface area contributed by atoms with Crippen molar-refractivity contribution in [3.05, 3.63) is 53.1 Å². The number of anilines is 1. The minimum Gasteiger partial charge on any atom is -0.309 e. The molecule has 0 fully saturated rings. The molecule has 0 radical (unpaired) electrons. The number of aromatic nitrogens is 1. The summed E-state index contributed by atoms with van der Waals surface area (Å²) in [6.07, 6.45) is 0.899. The highest BCUT2D eigenvalue weighted by atomic mass is 35.5. The smallest absolute Gasteiger partial charge is 0.261 e. The number of nitrogens with zero attached hydrogens (tertiary/aromatic N) is 3. The van der Waals surface area contributed by atoms with Crippen LogP contribution in [0, 0.1) is 13.8 Å². The summed E-state index contributed by atoms with van der Waals surface area (Å²) in [5, 5.41) is 0.789. The molecule has 3 rings (SSSR count). The van der Waals surface area contributed by atoms with Crippen molar-refractivity contribution in [2.45, 2.75) is 32.1 Å². The number of thiazole rings is 1. The Hall–Kier alpha value is -1.60. The maximum Gasteiger partial charge on any atom is 0.261 e. The van der Waals surface area contributed by atoms with Crippen LogP contribution in [0.5, 0.6) is 0 Å². The molecule has 0 N–H and O–H groups in total. The van der Waals surface area contributed by atoms with Gasteiger partial charge in [-0.05, 0) is 69.9 Å². The Morgan fingerprint density at radius 3 is 2.43 bits per heavy atom. The summed E-state index contributed by atoms with van der Waals surface area (Å²) in [4.78, 5) is 23.6. The molecule has 30 heavy (non-hydrogen) atoms. The topological polar surface area (TPSA) is 36.4 Å². The average molecular weight is 464 g/mol. The molecule has 0 saturated heterocycles. The number of hydrogen-bond acceptors (Lipinski definition) is 5. The quantitative estimate of drug-likeness (QED) is 0.381. The van der Waals surface area contributed by atoms with E-state index in [2.05, 4.69) is 51.9 Å². The molecule has 1 amide bonds. The lowest BCUT2D eigenvalue weighted by Gasteiger charge is -2.22. The van der Waals surface area contributed by atoms with Crippen LogP contribution < -0.4 is 4.90 Å². The number of aryl methyl sites for hydroxylation is 2. The first-order valence-electron chi connectivity index (χ1n) is 9.97. The Kier molecular flexibility index (Phi) is 9.16. The highest BCUT2D eigenvalue weighted by Crippen LogP contribution is 2.34. The van der Waals surface area contributed by atoms with E-state index < -0.39 is 0 Å². The van der Waals surface area contributed by atoms with Crippen molar-refractivity contribution in [2.24, 2.45) is 0 Å². The summed E-state index contributed by atoms with van der Waals surface area (Å²) in [5.41, 5.74) is 4.12. The van der Waals surface area contributed by atoms with Gasteiger partial charge < -0.3 is 4.90 Å². The molecule has 2 aromatic carbocycles. The molecule has 162 valence electrons. The van der Waals surface area contributed by atoms with E-state index in [1.165, 1.54) is 10.3 Å². The second kappa shape index (κ2) is 11.1. The van der Waals surface area contributed by atoms with Crippen LogP contribution >= 0.6 is 35.5 Å². The summed E-state index contributed by atoms with van der Waals surface area (Å²) < 4.78 is 1.17. The second-order valence-electron chi connectivity index (χ2n) is 7.42. The monoisotopic (exact) mass is 463 g/mol. The van der Waals surface area contributed by atoms with Crippen molar-refractivity contribution in [2.75, 3.05) is 37.8 Å². The molecule has 0 atom stereocenters. The van der Waals surface area contributed by atoms with Crippen LogP contribution in [0.15, 0.2) is 41.3 Å². The van der Waals surface area contributed by atoms with Gasteiger partial charge in [0.05, 0.1) is 15.8 Å². The highest BCUT2D eigenvalue weighted by molar-refractivity contribution is 7.99. The van der Waals surface area contributed by atoms with E-state index in [1.54, 1.807) is 23.1 Å². The van der Waals surface area contributed by atoms with Gasteiger partial charge in [0.1, 0.15) is 0 Å². The van der Waals surface area contributed by atoms with E-state index in [4.69, 9.17) is 4.98 Å². The van der Waals surface area contributed by atoms with Gasteiger partial charge in [-0.3, -0.25) is 9.69 Å². The maximum absolute atomic E-state index is 13.6. The molecule has 0 unspecified atom stereocenters. The molecule has 0 aliphatic heterocycles. The Morgan fingerprint density at radius 1 is 1.07 bits per heavy atom. The summed E-state index contributed by atoms with van der Waals surface area (Å²) in [6.45, 7) is 7.88. The van der Waals surface area contributed by atoms with Crippen molar-refractivity contribution in [1.29, 1.82) is 0 Å². The number of thioether (sulfide) groups is 1. The predicted molar refractivity (Wildman–Crippen MR) is 134 cm³/mol. The van der Waals surface area contributed by atoms with Gasteiger partial charge in [-0.1, -0.05) is 42.5 Å². The molecule has 3 aromatic rings. The summed E-state index contributed by atoms with van der Waals surface area (Å²) >= 11 is 3.33. The third-order valence-electron chi connectivity index (χ3n) is 4.81. The van der Waals surface area contributed by atoms with Crippen LogP contribution in [-0.4, -0.2) is 48.7 Å². The van der Waals surface area contributed by atoms with E-state index in [-0.39, 0.29) is 18.3 Å². The Bertz CT molecular complexity index is 964. The third kappa shape index (κ3) is 5.55. The highest BCUT2D eigenvalue weighted by Gasteiger charge is 2.24. The van der Waals surface area contributed by atoms with Crippen molar-refractivity contribution < 1.29 is 4.79 Å². The number of carbonyl (C=O) groups excluding carboxylic acids is 1. The lowest BCUT2D eigenvalue weighted by atomic mass is 10.1. The Balaban J connectivity index is 0.00000320. The molecular formula is C23H30ClN3OS2. The third-order valence-corrected chi connectivity index (χ3v) is 6.98. The zero-order chi connectivity index (χ0) is 21.0. The van der Waals surface area contributed by atoms with E-state index in [1.807, 2.05) is 29.2 Å². The van der Waals surface area contributed by atoms with Gasteiger partial charge in [0.25, 0.3) is 5.91 Å². The number of halogens is 1. The van der Waals surface area contributed by atoms with Crippen LogP contribution in [0.25, 0.3) is 10.2 Å². The van der Waals surface area contributed by atoms with Gasteiger partial charge in [-0.25, -0.2) is 4.98 Å². The summed E-state index contributed by atoms with van der Waals surface area (Å²) in [7, 11) is 4.12. The van der Waals surface area contributed by atoms with Crippen molar-refractivity contribution in [3.63, 3.8) is 0 Å². The predicted octanol–water partition coefficient (Wildman–Crippen LogP) is 6.05. The number of amides is 1. The average Bonchev–Trinajstić information content (AvgIpc) is 3.15. The molecule has 1 aromatic heterocycles. The number of rotatable bonds is 8. The first-order chi connectivity index (χ1) is 13.9. The number of benzene rings is 2. The molecular weight excluding hydrogens is 434 g/mol. The number of carbonyl (C=O) groups is 1.